The molecular weight excluding hydrogens is 418 g/mol. The molecule has 3 aromatic rings. The Balaban J connectivity index is 0.000000189. The lowest BCUT2D eigenvalue weighted by atomic mass is 9.95. The van der Waals surface area contributed by atoms with Crippen molar-refractivity contribution in [3.05, 3.63) is 71.8 Å². The van der Waals surface area contributed by atoms with Crippen LogP contribution in [0.25, 0.3) is 11.1 Å². The standard InChI is InChI=1S/C15H20N2O.C10H11N3O2/c1-13(15-8-5-9-17(11-15)12-18)16-10-14-6-3-2-4-7-14;1-5-3-4-6-7(12-2)8(9(11)14)15-10(6)13-5/h2-4,6-7,12,15-16H,1,5,8-11H2;3-4,12H,1-2H3,(H2,11,14). The number of amides is 2. The van der Waals surface area contributed by atoms with Crippen LogP contribution in [-0.4, -0.2) is 42.3 Å². The summed E-state index contributed by atoms with van der Waals surface area (Å²) in [6.07, 6.45) is 3.12. The molecular formula is C25H31N5O3. The van der Waals surface area contributed by atoms with Crippen molar-refractivity contribution in [2.75, 3.05) is 25.5 Å². The SMILES string of the molecule is C=C(NCc1ccccc1)C1CCCN(C=O)C1.CNc1c(C(N)=O)oc2nc(C)ccc12. The monoisotopic (exact) mass is 449 g/mol. The van der Waals surface area contributed by atoms with Crippen molar-refractivity contribution in [1.29, 1.82) is 0 Å². The van der Waals surface area contributed by atoms with E-state index in [2.05, 4.69) is 34.3 Å². The summed E-state index contributed by atoms with van der Waals surface area (Å²) in [6, 6.07) is 14.0. The molecule has 0 bridgehead atoms. The van der Waals surface area contributed by atoms with E-state index in [9.17, 15) is 9.59 Å². The lowest BCUT2D eigenvalue weighted by molar-refractivity contribution is -0.119. The Hall–Kier alpha value is -3.81. The lowest BCUT2D eigenvalue weighted by Crippen LogP contribution is -2.37. The molecule has 1 fully saturated rings. The maximum atomic E-state index is 11.1. The van der Waals surface area contributed by atoms with Crippen molar-refractivity contribution in [2.24, 2.45) is 11.7 Å². The van der Waals surface area contributed by atoms with E-state index in [1.807, 2.05) is 42.2 Å². The van der Waals surface area contributed by atoms with Gasteiger partial charge in [-0.05, 0) is 37.5 Å². The van der Waals surface area contributed by atoms with Crippen molar-refractivity contribution in [3.8, 4) is 0 Å². The maximum Gasteiger partial charge on any atom is 0.286 e. The van der Waals surface area contributed by atoms with Gasteiger partial charge in [0.15, 0.2) is 0 Å². The van der Waals surface area contributed by atoms with E-state index < -0.39 is 5.91 Å². The van der Waals surface area contributed by atoms with E-state index in [0.717, 1.165) is 55.7 Å². The first-order valence-corrected chi connectivity index (χ1v) is 11.0. The largest absolute Gasteiger partial charge is 0.430 e. The first kappa shape index (κ1) is 23.8. The molecule has 0 aliphatic carbocycles. The van der Waals surface area contributed by atoms with Gasteiger partial charge in [-0.25, -0.2) is 4.98 Å². The molecule has 1 saturated heterocycles. The van der Waals surface area contributed by atoms with Gasteiger partial charge in [0.05, 0.1) is 11.1 Å². The number of rotatable bonds is 7. The molecule has 1 aliphatic rings. The van der Waals surface area contributed by atoms with Gasteiger partial charge in [0.1, 0.15) is 0 Å². The second-order valence-electron chi connectivity index (χ2n) is 8.03. The number of carbonyl (C=O) groups excluding carboxylic acids is 2. The normalized spacial score (nSPS) is 15.3. The molecule has 3 heterocycles. The molecule has 1 aromatic carbocycles. The first-order chi connectivity index (χ1) is 15.9. The van der Waals surface area contributed by atoms with Crippen molar-refractivity contribution in [1.82, 2.24) is 15.2 Å². The smallest absolute Gasteiger partial charge is 0.286 e. The third-order valence-corrected chi connectivity index (χ3v) is 5.63. The molecule has 0 saturated carbocycles. The molecule has 8 nitrogen and oxygen atoms in total. The fourth-order valence-corrected chi connectivity index (χ4v) is 3.84. The number of primary amides is 1. The number of hydrogen-bond acceptors (Lipinski definition) is 6. The summed E-state index contributed by atoms with van der Waals surface area (Å²) >= 11 is 0. The van der Waals surface area contributed by atoms with Gasteiger partial charge in [0.2, 0.25) is 17.9 Å². The maximum absolute atomic E-state index is 11.1. The van der Waals surface area contributed by atoms with E-state index in [0.29, 0.717) is 17.3 Å². The highest BCUT2D eigenvalue weighted by molar-refractivity contribution is 6.04. The lowest BCUT2D eigenvalue weighted by Gasteiger charge is -2.31. The summed E-state index contributed by atoms with van der Waals surface area (Å²) in [5, 5.41) is 7.02. The van der Waals surface area contributed by atoms with Gasteiger partial charge in [-0.2, -0.15) is 0 Å². The summed E-state index contributed by atoms with van der Waals surface area (Å²) in [4.78, 5) is 27.9. The Morgan fingerprint density at radius 3 is 2.73 bits per heavy atom. The number of aromatic nitrogens is 1. The molecule has 174 valence electrons. The van der Waals surface area contributed by atoms with Gasteiger partial charge in [0.25, 0.3) is 5.91 Å². The minimum atomic E-state index is -0.602. The molecule has 2 amide bonds. The number of benzene rings is 1. The molecule has 1 atom stereocenters. The van der Waals surface area contributed by atoms with Crippen LogP contribution in [0.1, 0.15) is 34.7 Å². The van der Waals surface area contributed by atoms with Gasteiger partial charge in [0, 0.05) is 44.0 Å². The number of nitrogens with one attached hydrogen (secondary N) is 2. The van der Waals surface area contributed by atoms with Gasteiger partial charge < -0.3 is 25.7 Å². The quantitative estimate of drug-likeness (QED) is 0.476. The molecule has 0 radical (unpaired) electrons. The zero-order chi connectivity index (χ0) is 23.8. The van der Waals surface area contributed by atoms with E-state index in [1.54, 1.807) is 7.05 Å². The summed E-state index contributed by atoms with van der Waals surface area (Å²) in [6.45, 7) is 8.44. The highest BCUT2D eigenvalue weighted by atomic mass is 16.4. The van der Waals surface area contributed by atoms with Crippen LogP contribution in [0.3, 0.4) is 0 Å². The number of hydrogen-bond donors (Lipinski definition) is 3. The topological polar surface area (TPSA) is 113 Å². The zero-order valence-corrected chi connectivity index (χ0v) is 19.1. The highest BCUT2D eigenvalue weighted by Gasteiger charge is 2.21. The minimum absolute atomic E-state index is 0.116. The third-order valence-electron chi connectivity index (χ3n) is 5.63. The van der Waals surface area contributed by atoms with Gasteiger partial charge in [-0.1, -0.05) is 36.9 Å². The Kier molecular flexibility index (Phi) is 8.07. The van der Waals surface area contributed by atoms with Crippen molar-refractivity contribution in [3.63, 3.8) is 0 Å². The molecule has 4 rings (SSSR count). The van der Waals surface area contributed by atoms with Crippen LogP contribution in [0.2, 0.25) is 0 Å². The first-order valence-electron chi connectivity index (χ1n) is 11.0. The summed E-state index contributed by atoms with van der Waals surface area (Å²) in [7, 11) is 1.70. The number of anilines is 1. The van der Waals surface area contributed by atoms with Crippen molar-refractivity contribution >= 4 is 29.1 Å². The fraction of sp³-hybridized carbons (Fsp3) is 0.320. The minimum Gasteiger partial charge on any atom is -0.430 e. The number of nitrogens with two attached hydrogens (primary N) is 1. The number of pyridine rings is 1. The number of nitrogens with zero attached hydrogens (tertiary/aromatic N) is 2. The van der Waals surface area contributed by atoms with Gasteiger partial charge >= 0.3 is 0 Å². The second-order valence-corrected chi connectivity index (χ2v) is 8.03. The molecule has 4 N–H and O–H groups in total. The van der Waals surface area contributed by atoms with E-state index in [-0.39, 0.29) is 5.76 Å². The van der Waals surface area contributed by atoms with Crippen LogP contribution in [0.4, 0.5) is 5.69 Å². The predicted molar refractivity (Wildman–Crippen MR) is 130 cm³/mol. The van der Waals surface area contributed by atoms with Crippen LogP contribution < -0.4 is 16.4 Å². The highest BCUT2D eigenvalue weighted by Crippen LogP contribution is 2.29. The molecule has 2 aromatic heterocycles. The summed E-state index contributed by atoms with van der Waals surface area (Å²) < 4.78 is 5.28. The van der Waals surface area contributed by atoms with Crippen molar-refractivity contribution in [2.45, 2.75) is 26.3 Å². The number of furan rings is 1. The number of fused-ring (bicyclic) bond motifs is 1. The van der Waals surface area contributed by atoms with Crippen LogP contribution in [0, 0.1) is 12.8 Å². The van der Waals surface area contributed by atoms with Crippen LogP contribution in [-0.2, 0) is 11.3 Å². The van der Waals surface area contributed by atoms with Crippen LogP contribution >= 0.6 is 0 Å². The van der Waals surface area contributed by atoms with Crippen LogP contribution in [0.15, 0.2) is 59.2 Å². The Morgan fingerprint density at radius 1 is 1.30 bits per heavy atom. The average Bonchev–Trinajstić information content (AvgIpc) is 3.21. The van der Waals surface area contributed by atoms with Crippen LogP contribution in [0.5, 0.6) is 0 Å². The summed E-state index contributed by atoms with van der Waals surface area (Å²) in [5.41, 5.74) is 9.33. The zero-order valence-electron chi connectivity index (χ0n) is 19.1. The van der Waals surface area contributed by atoms with E-state index >= 15 is 0 Å². The molecule has 1 unspecified atom stereocenters. The Bertz CT molecular complexity index is 1110. The third kappa shape index (κ3) is 6.12. The number of carbonyl (C=O) groups is 2. The number of aryl methyl sites for hydroxylation is 1. The van der Waals surface area contributed by atoms with E-state index in [4.69, 9.17) is 10.2 Å². The predicted octanol–water partition coefficient (Wildman–Crippen LogP) is 3.44. The van der Waals surface area contributed by atoms with E-state index in [1.165, 1.54) is 5.56 Å². The second kappa shape index (κ2) is 11.2. The summed E-state index contributed by atoms with van der Waals surface area (Å²) in [5.74, 6) is -0.103. The number of likely N-dealkylation sites (tertiary alicyclic amines) is 1. The molecule has 8 heteroatoms. The number of piperidine rings is 1. The fourth-order valence-electron chi connectivity index (χ4n) is 3.84. The Labute approximate surface area is 193 Å². The molecule has 1 aliphatic heterocycles. The van der Waals surface area contributed by atoms with Crippen molar-refractivity contribution < 1.29 is 14.0 Å². The molecule has 33 heavy (non-hydrogen) atoms. The molecule has 0 spiro atoms. The van der Waals surface area contributed by atoms with Gasteiger partial charge in [-0.15, -0.1) is 0 Å². The van der Waals surface area contributed by atoms with Gasteiger partial charge in [-0.3, -0.25) is 9.59 Å². The average molecular weight is 450 g/mol. The Morgan fingerprint density at radius 2 is 2.06 bits per heavy atom.